The van der Waals surface area contributed by atoms with Gasteiger partial charge in [-0.2, -0.15) is 13.2 Å². The maximum atomic E-state index is 13.1. The molecule has 0 fully saturated rings. The molecule has 0 atom stereocenters. The lowest BCUT2D eigenvalue weighted by atomic mass is 10.1. The second-order valence-corrected chi connectivity index (χ2v) is 8.91. The highest BCUT2D eigenvalue weighted by molar-refractivity contribution is 6.31. The minimum Gasteiger partial charge on any atom is -0.384 e. The van der Waals surface area contributed by atoms with Gasteiger partial charge in [-0.3, -0.25) is 28.4 Å². The lowest BCUT2D eigenvalue weighted by Gasteiger charge is -2.19. The number of hydrogen-bond acceptors (Lipinski definition) is 6. The number of nitrogens with two attached hydrogens (primary N) is 1. The van der Waals surface area contributed by atoms with Crippen LogP contribution in [0.25, 0.3) is 0 Å². The Morgan fingerprint density at radius 2 is 1.71 bits per heavy atom. The number of anilines is 2. The summed E-state index contributed by atoms with van der Waals surface area (Å²) in [5, 5.41) is 1.81. The quantitative estimate of drug-likeness (QED) is 0.395. The van der Waals surface area contributed by atoms with Crippen molar-refractivity contribution in [1.29, 1.82) is 0 Å². The number of carbonyl (C=O) groups is 2. The van der Waals surface area contributed by atoms with Crippen LogP contribution in [0.4, 0.5) is 24.7 Å². The van der Waals surface area contributed by atoms with Crippen molar-refractivity contribution < 1.29 is 22.8 Å². The molecule has 202 valence electrons. The van der Waals surface area contributed by atoms with Crippen LogP contribution in [0.15, 0.2) is 58.1 Å². The molecule has 0 spiro atoms. The summed E-state index contributed by atoms with van der Waals surface area (Å²) in [6, 6.07) is 11.8. The number of likely N-dealkylation sites (N-methyl/N-ethyl adjacent to an activating group) is 1. The number of rotatable bonds is 9. The molecule has 0 bridgehead atoms. The Morgan fingerprint density at radius 1 is 1.05 bits per heavy atom. The fourth-order valence-corrected chi connectivity index (χ4v) is 4.05. The summed E-state index contributed by atoms with van der Waals surface area (Å²) in [5.74, 6) is -1.72. The second kappa shape index (κ2) is 11.7. The van der Waals surface area contributed by atoms with Crippen molar-refractivity contribution in [2.45, 2.75) is 26.2 Å². The monoisotopic (exact) mass is 551 g/mol. The van der Waals surface area contributed by atoms with Gasteiger partial charge in [-0.05, 0) is 37.7 Å². The van der Waals surface area contributed by atoms with Gasteiger partial charge in [0.25, 0.3) is 5.56 Å². The highest BCUT2D eigenvalue weighted by Crippen LogP contribution is 2.36. The van der Waals surface area contributed by atoms with Crippen molar-refractivity contribution in [2.75, 3.05) is 31.2 Å². The summed E-state index contributed by atoms with van der Waals surface area (Å²) in [6.45, 7) is 0.810. The molecule has 0 unspecified atom stereocenters. The van der Waals surface area contributed by atoms with Crippen molar-refractivity contribution >= 4 is 34.8 Å². The number of aromatic nitrogens is 2. The molecule has 1 amide bonds. The van der Waals surface area contributed by atoms with Gasteiger partial charge in [0.1, 0.15) is 11.4 Å². The number of carbonyl (C=O) groups excluding carboxylic acids is 2. The first kappa shape index (κ1) is 28.7. The molecule has 0 saturated carbocycles. The highest BCUT2D eigenvalue weighted by atomic mass is 35.5. The van der Waals surface area contributed by atoms with Crippen molar-refractivity contribution in [3.05, 3.63) is 91.1 Å². The average molecular weight is 552 g/mol. The Hall–Kier alpha value is -3.90. The van der Waals surface area contributed by atoms with Gasteiger partial charge in [0, 0.05) is 12.2 Å². The van der Waals surface area contributed by atoms with Crippen LogP contribution in [0.2, 0.25) is 5.02 Å². The molecule has 9 nitrogen and oxygen atoms in total. The summed E-state index contributed by atoms with van der Waals surface area (Å²) in [4.78, 5) is 52.5. The average Bonchev–Trinajstić information content (AvgIpc) is 2.83. The summed E-state index contributed by atoms with van der Waals surface area (Å²) in [7, 11) is 1.41. The molecule has 3 aromatic rings. The molecule has 1 heterocycles. The first-order chi connectivity index (χ1) is 17.8. The summed E-state index contributed by atoms with van der Waals surface area (Å²) in [6.07, 6.45) is -4.70. The fourth-order valence-electron chi connectivity index (χ4n) is 3.82. The third-order valence-electron chi connectivity index (χ3n) is 5.63. The standard InChI is InChI=1S/C25H25ClF3N5O4/c1-3-33-23(37)21(22(30)34(24(33)38)12-15-7-5-4-6-8-15)19(35)13-32(2)14-20(36)31-16-9-10-18(26)17(11-16)25(27,28)29/h4-11H,3,12-14,30H2,1-2H3,(H,31,36). The lowest BCUT2D eigenvalue weighted by molar-refractivity contribution is -0.137. The van der Waals surface area contributed by atoms with E-state index in [2.05, 4.69) is 5.32 Å². The number of amides is 1. The van der Waals surface area contributed by atoms with Gasteiger partial charge in [0.15, 0.2) is 5.78 Å². The number of halogens is 4. The van der Waals surface area contributed by atoms with Crippen LogP contribution >= 0.6 is 11.6 Å². The molecule has 3 N–H and O–H groups in total. The molecule has 38 heavy (non-hydrogen) atoms. The van der Waals surface area contributed by atoms with Crippen molar-refractivity contribution in [3.63, 3.8) is 0 Å². The van der Waals surface area contributed by atoms with Crippen molar-refractivity contribution in [3.8, 4) is 0 Å². The van der Waals surface area contributed by atoms with Crippen LogP contribution < -0.4 is 22.3 Å². The molecule has 3 rings (SSSR count). The van der Waals surface area contributed by atoms with E-state index < -0.39 is 46.2 Å². The first-order valence-corrected chi connectivity index (χ1v) is 11.8. The molecule has 13 heteroatoms. The van der Waals surface area contributed by atoms with Gasteiger partial charge in [-0.1, -0.05) is 41.9 Å². The molecular formula is C25H25ClF3N5O4. The number of nitrogens with one attached hydrogen (secondary N) is 1. The minimum atomic E-state index is -4.70. The Balaban J connectivity index is 1.79. The van der Waals surface area contributed by atoms with Crippen LogP contribution in [0.1, 0.15) is 28.4 Å². The second-order valence-electron chi connectivity index (χ2n) is 8.50. The van der Waals surface area contributed by atoms with Crippen molar-refractivity contribution in [1.82, 2.24) is 14.0 Å². The van der Waals surface area contributed by atoms with E-state index in [4.69, 9.17) is 17.3 Å². The SMILES string of the molecule is CCn1c(=O)c(C(=O)CN(C)CC(=O)Nc2ccc(Cl)c(C(F)(F)F)c2)c(N)n(Cc2ccccc2)c1=O. The van der Waals surface area contributed by atoms with Crippen LogP contribution in [-0.2, 0) is 24.1 Å². The topological polar surface area (TPSA) is 119 Å². The minimum absolute atomic E-state index is 0.00622. The van der Waals surface area contributed by atoms with Crippen molar-refractivity contribution in [2.24, 2.45) is 0 Å². The smallest absolute Gasteiger partial charge is 0.384 e. The predicted molar refractivity (Wildman–Crippen MR) is 138 cm³/mol. The third-order valence-corrected chi connectivity index (χ3v) is 5.96. The zero-order chi connectivity index (χ0) is 28.2. The molecule has 0 aliphatic rings. The third kappa shape index (κ3) is 6.50. The number of nitrogen functional groups attached to an aromatic ring is 1. The van der Waals surface area contributed by atoms with E-state index in [0.29, 0.717) is 6.07 Å². The van der Waals surface area contributed by atoms with E-state index in [1.807, 2.05) is 0 Å². The Bertz CT molecular complexity index is 1470. The van der Waals surface area contributed by atoms with E-state index in [9.17, 15) is 32.3 Å². The van der Waals surface area contributed by atoms with Crippen LogP contribution in [0.5, 0.6) is 0 Å². The highest BCUT2D eigenvalue weighted by Gasteiger charge is 2.33. The van der Waals surface area contributed by atoms with Gasteiger partial charge in [0.2, 0.25) is 5.91 Å². The zero-order valence-electron chi connectivity index (χ0n) is 20.5. The Kier molecular flexibility index (Phi) is 8.79. The Morgan fingerprint density at radius 3 is 2.32 bits per heavy atom. The van der Waals surface area contributed by atoms with E-state index >= 15 is 0 Å². The van der Waals surface area contributed by atoms with Crippen LogP contribution in [0, 0.1) is 0 Å². The first-order valence-electron chi connectivity index (χ1n) is 11.4. The summed E-state index contributed by atoms with van der Waals surface area (Å²) >= 11 is 5.59. The molecular weight excluding hydrogens is 527 g/mol. The fraction of sp³-hybridized carbons (Fsp3) is 0.280. The van der Waals surface area contributed by atoms with Crippen LogP contribution in [0.3, 0.4) is 0 Å². The molecule has 2 aromatic carbocycles. The van der Waals surface area contributed by atoms with Gasteiger partial charge in [-0.15, -0.1) is 0 Å². The predicted octanol–water partition coefficient (Wildman–Crippen LogP) is 3.09. The van der Waals surface area contributed by atoms with Gasteiger partial charge in [0.05, 0.1) is 30.2 Å². The van der Waals surface area contributed by atoms with Gasteiger partial charge in [-0.25, -0.2) is 4.79 Å². The maximum absolute atomic E-state index is 13.1. The number of benzene rings is 2. The molecule has 0 radical (unpaired) electrons. The van der Waals surface area contributed by atoms with E-state index in [0.717, 1.165) is 20.8 Å². The van der Waals surface area contributed by atoms with E-state index in [-0.39, 0.29) is 36.7 Å². The summed E-state index contributed by atoms with van der Waals surface area (Å²) in [5.41, 5.74) is 3.73. The largest absolute Gasteiger partial charge is 0.417 e. The van der Waals surface area contributed by atoms with E-state index in [1.165, 1.54) is 18.0 Å². The maximum Gasteiger partial charge on any atom is 0.417 e. The molecule has 0 aliphatic heterocycles. The zero-order valence-corrected chi connectivity index (χ0v) is 21.3. The molecule has 0 aliphatic carbocycles. The normalized spacial score (nSPS) is 11.6. The number of ketones is 1. The lowest BCUT2D eigenvalue weighted by Crippen LogP contribution is -2.45. The molecule has 0 saturated heterocycles. The van der Waals surface area contributed by atoms with Gasteiger partial charge >= 0.3 is 11.9 Å². The van der Waals surface area contributed by atoms with Gasteiger partial charge < -0.3 is 11.1 Å². The number of nitrogens with zero attached hydrogens (tertiary/aromatic N) is 3. The Labute approximate surface area is 220 Å². The summed E-state index contributed by atoms with van der Waals surface area (Å²) < 4.78 is 41.3. The number of hydrogen-bond donors (Lipinski definition) is 2. The van der Waals surface area contributed by atoms with E-state index in [1.54, 1.807) is 37.3 Å². The number of alkyl halides is 3. The van der Waals surface area contributed by atoms with Crippen LogP contribution in [-0.4, -0.2) is 45.9 Å². The molecule has 1 aromatic heterocycles. The number of Topliss-reactive ketones (excluding diaryl/α,β-unsaturated/α-hetero) is 1.